The Kier molecular flexibility index (Phi) is 3.31. The zero-order valence-electron chi connectivity index (χ0n) is 11.9. The first kappa shape index (κ1) is 13.2. The van der Waals surface area contributed by atoms with E-state index >= 15 is 0 Å². The monoisotopic (exact) mass is 280 g/mol. The standard InChI is InChI=1S/C16H16N4O/c1-19(2)13-5-3-12(4-6-13)16-11-20(18-17-16)14-7-9-15(21)10-8-14/h3-11,21H,1-2H3. The molecule has 21 heavy (non-hydrogen) atoms. The molecule has 0 bridgehead atoms. The molecule has 1 aromatic heterocycles. The average Bonchev–Trinajstić information content (AvgIpc) is 2.98. The van der Waals surface area contributed by atoms with Crippen LogP contribution in [0.3, 0.4) is 0 Å². The molecule has 1 N–H and O–H groups in total. The number of rotatable bonds is 3. The van der Waals surface area contributed by atoms with E-state index in [1.807, 2.05) is 32.4 Å². The molecule has 0 saturated carbocycles. The summed E-state index contributed by atoms with van der Waals surface area (Å²) in [4.78, 5) is 2.05. The van der Waals surface area contributed by atoms with Crippen LogP contribution in [0.1, 0.15) is 0 Å². The van der Waals surface area contributed by atoms with E-state index in [0.717, 1.165) is 22.6 Å². The van der Waals surface area contributed by atoms with Crippen molar-refractivity contribution in [3.05, 3.63) is 54.7 Å². The maximum atomic E-state index is 9.31. The van der Waals surface area contributed by atoms with E-state index in [4.69, 9.17) is 0 Å². The Morgan fingerprint density at radius 1 is 0.952 bits per heavy atom. The van der Waals surface area contributed by atoms with Gasteiger partial charge in [0.05, 0.1) is 11.9 Å². The van der Waals surface area contributed by atoms with Gasteiger partial charge in [-0.25, -0.2) is 4.68 Å². The van der Waals surface area contributed by atoms with Gasteiger partial charge < -0.3 is 10.0 Å². The number of hydrogen-bond donors (Lipinski definition) is 1. The van der Waals surface area contributed by atoms with E-state index in [1.54, 1.807) is 28.9 Å². The van der Waals surface area contributed by atoms with Crippen LogP contribution in [-0.4, -0.2) is 34.2 Å². The number of nitrogens with zero attached hydrogens (tertiary/aromatic N) is 4. The summed E-state index contributed by atoms with van der Waals surface area (Å²) >= 11 is 0. The van der Waals surface area contributed by atoms with Gasteiger partial charge in [0.25, 0.3) is 0 Å². The summed E-state index contributed by atoms with van der Waals surface area (Å²) in [5.41, 5.74) is 3.83. The highest BCUT2D eigenvalue weighted by molar-refractivity contribution is 5.62. The van der Waals surface area contributed by atoms with Crippen LogP contribution in [0.2, 0.25) is 0 Å². The Morgan fingerprint density at radius 3 is 2.24 bits per heavy atom. The van der Waals surface area contributed by atoms with E-state index in [-0.39, 0.29) is 5.75 Å². The first-order valence-corrected chi connectivity index (χ1v) is 6.63. The summed E-state index contributed by atoms with van der Waals surface area (Å²) < 4.78 is 1.69. The van der Waals surface area contributed by atoms with Crippen molar-refractivity contribution in [2.24, 2.45) is 0 Å². The van der Waals surface area contributed by atoms with Crippen LogP contribution in [0.4, 0.5) is 5.69 Å². The lowest BCUT2D eigenvalue weighted by Gasteiger charge is -2.11. The van der Waals surface area contributed by atoms with Crippen molar-refractivity contribution >= 4 is 5.69 Å². The Labute approximate surface area is 123 Å². The highest BCUT2D eigenvalue weighted by Gasteiger charge is 2.06. The summed E-state index contributed by atoms with van der Waals surface area (Å²) in [5, 5.41) is 17.6. The van der Waals surface area contributed by atoms with Crippen molar-refractivity contribution in [2.75, 3.05) is 19.0 Å². The fraction of sp³-hybridized carbons (Fsp3) is 0.125. The number of aromatic nitrogens is 3. The second-order valence-electron chi connectivity index (χ2n) is 5.01. The van der Waals surface area contributed by atoms with Crippen molar-refractivity contribution < 1.29 is 5.11 Å². The quantitative estimate of drug-likeness (QED) is 0.801. The predicted molar refractivity (Wildman–Crippen MR) is 82.8 cm³/mol. The molecule has 0 spiro atoms. The topological polar surface area (TPSA) is 54.2 Å². The molecule has 0 aliphatic carbocycles. The molecule has 0 unspecified atom stereocenters. The van der Waals surface area contributed by atoms with E-state index in [9.17, 15) is 5.11 Å². The fourth-order valence-electron chi connectivity index (χ4n) is 2.06. The van der Waals surface area contributed by atoms with Crippen molar-refractivity contribution in [1.29, 1.82) is 0 Å². The normalized spacial score (nSPS) is 10.6. The van der Waals surface area contributed by atoms with Gasteiger partial charge in [0.1, 0.15) is 11.4 Å². The van der Waals surface area contributed by atoms with Crippen LogP contribution < -0.4 is 4.90 Å². The third kappa shape index (κ3) is 2.72. The summed E-state index contributed by atoms with van der Waals surface area (Å²) in [6.07, 6.45) is 1.87. The zero-order chi connectivity index (χ0) is 14.8. The molecule has 106 valence electrons. The van der Waals surface area contributed by atoms with Gasteiger partial charge >= 0.3 is 0 Å². The first-order valence-electron chi connectivity index (χ1n) is 6.63. The lowest BCUT2D eigenvalue weighted by molar-refractivity contribution is 0.475. The SMILES string of the molecule is CN(C)c1ccc(-c2cn(-c3ccc(O)cc3)nn2)cc1. The number of anilines is 1. The molecule has 0 radical (unpaired) electrons. The Bertz CT molecular complexity index is 730. The molecule has 2 aromatic carbocycles. The van der Waals surface area contributed by atoms with Crippen molar-refractivity contribution in [3.8, 4) is 22.7 Å². The van der Waals surface area contributed by atoms with Crippen LogP contribution >= 0.6 is 0 Å². The summed E-state index contributed by atoms with van der Waals surface area (Å²) in [6.45, 7) is 0. The fourth-order valence-corrected chi connectivity index (χ4v) is 2.06. The van der Waals surface area contributed by atoms with E-state index in [2.05, 4.69) is 27.3 Å². The molecule has 0 amide bonds. The van der Waals surface area contributed by atoms with Crippen LogP contribution in [0, 0.1) is 0 Å². The second-order valence-corrected chi connectivity index (χ2v) is 5.01. The molecule has 5 heteroatoms. The number of benzene rings is 2. The van der Waals surface area contributed by atoms with Crippen LogP contribution in [-0.2, 0) is 0 Å². The molecule has 0 aliphatic rings. The average molecular weight is 280 g/mol. The van der Waals surface area contributed by atoms with Gasteiger partial charge in [-0.3, -0.25) is 0 Å². The highest BCUT2D eigenvalue weighted by atomic mass is 16.3. The minimum absolute atomic E-state index is 0.235. The number of hydrogen-bond acceptors (Lipinski definition) is 4. The predicted octanol–water partition coefficient (Wildman–Crippen LogP) is 2.71. The summed E-state index contributed by atoms with van der Waals surface area (Å²) in [5.74, 6) is 0.235. The Balaban J connectivity index is 1.89. The smallest absolute Gasteiger partial charge is 0.115 e. The molecular weight excluding hydrogens is 264 g/mol. The van der Waals surface area contributed by atoms with Gasteiger partial charge in [0.15, 0.2) is 0 Å². The number of aromatic hydroxyl groups is 1. The molecule has 0 saturated heterocycles. The summed E-state index contributed by atoms with van der Waals surface area (Å²) in [7, 11) is 4.02. The van der Waals surface area contributed by atoms with Gasteiger partial charge in [-0.1, -0.05) is 17.3 Å². The first-order chi connectivity index (χ1) is 10.1. The van der Waals surface area contributed by atoms with Gasteiger partial charge in [-0.2, -0.15) is 0 Å². The largest absolute Gasteiger partial charge is 0.508 e. The molecule has 5 nitrogen and oxygen atoms in total. The molecule has 0 aliphatic heterocycles. The second kappa shape index (κ2) is 5.28. The lowest BCUT2D eigenvalue weighted by Crippen LogP contribution is -2.07. The maximum absolute atomic E-state index is 9.31. The third-order valence-electron chi connectivity index (χ3n) is 3.29. The Hall–Kier alpha value is -2.82. The lowest BCUT2D eigenvalue weighted by atomic mass is 10.1. The van der Waals surface area contributed by atoms with Crippen LogP contribution in [0.15, 0.2) is 54.7 Å². The van der Waals surface area contributed by atoms with Gasteiger partial charge in [-0.15, -0.1) is 5.10 Å². The van der Waals surface area contributed by atoms with Crippen LogP contribution in [0.5, 0.6) is 5.75 Å². The Morgan fingerprint density at radius 2 is 1.62 bits per heavy atom. The highest BCUT2D eigenvalue weighted by Crippen LogP contribution is 2.21. The molecule has 1 heterocycles. The van der Waals surface area contributed by atoms with Crippen molar-refractivity contribution in [2.45, 2.75) is 0 Å². The molecular formula is C16H16N4O. The third-order valence-corrected chi connectivity index (χ3v) is 3.29. The maximum Gasteiger partial charge on any atom is 0.115 e. The molecule has 0 fully saturated rings. The van der Waals surface area contributed by atoms with Crippen LogP contribution in [0.25, 0.3) is 16.9 Å². The number of phenols is 1. The molecule has 0 atom stereocenters. The minimum atomic E-state index is 0.235. The van der Waals surface area contributed by atoms with E-state index < -0.39 is 0 Å². The number of phenolic OH excluding ortho intramolecular Hbond substituents is 1. The van der Waals surface area contributed by atoms with Gasteiger partial charge in [-0.05, 0) is 36.4 Å². The van der Waals surface area contributed by atoms with Crippen molar-refractivity contribution in [3.63, 3.8) is 0 Å². The van der Waals surface area contributed by atoms with E-state index in [0.29, 0.717) is 0 Å². The zero-order valence-corrected chi connectivity index (χ0v) is 11.9. The van der Waals surface area contributed by atoms with Gasteiger partial charge in [0.2, 0.25) is 0 Å². The summed E-state index contributed by atoms with van der Waals surface area (Å²) in [6, 6.07) is 15.0. The van der Waals surface area contributed by atoms with Gasteiger partial charge in [0, 0.05) is 25.3 Å². The molecule has 3 aromatic rings. The molecule has 3 rings (SSSR count). The minimum Gasteiger partial charge on any atom is -0.508 e. The van der Waals surface area contributed by atoms with Crippen molar-refractivity contribution in [1.82, 2.24) is 15.0 Å². The van der Waals surface area contributed by atoms with E-state index in [1.165, 1.54) is 0 Å².